The van der Waals surface area contributed by atoms with Gasteiger partial charge in [-0.3, -0.25) is 0 Å². The van der Waals surface area contributed by atoms with Crippen LogP contribution < -0.4 is 14.8 Å². The van der Waals surface area contributed by atoms with E-state index < -0.39 is 11.6 Å². The van der Waals surface area contributed by atoms with E-state index in [0.29, 0.717) is 18.0 Å². The Labute approximate surface area is 108 Å². The molecule has 0 amide bonds. The maximum Gasteiger partial charge on any atom is 0.231 e. The molecule has 1 heterocycles. The second-order valence-corrected chi connectivity index (χ2v) is 4.11. The number of para-hydroxylation sites is 1. The molecule has 0 saturated carbocycles. The molecule has 3 rings (SSSR count). The summed E-state index contributed by atoms with van der Waals surface area (Å²) in [6.07, 6.45) is 0. The summed E-state index contributed by atoms with van der Waals surface area (Å²) in [4.78, 5) is 0. The first-order valence-corrected chi connectivity index (χ1v) is 5.81. The molecule has 0 bridgehead atoms. The molecule has 19 heavy (non-hydrogen) atoms. The number of fused-ring (bicyclic) bond motifs is 1. The summed E-state index contributed by atoms with van der Waals surface area (Å²) < 4.78 is 37.1. The Morgan fingerprint density at radius 2 is 1.89 bits per heavy atom. The molecule has 0 unspecified atom stereocenters. The van der Waals surface area contributed by atoms with Gasteiger partial charge < -0.3 is 14.8 Å². The van der Waals surface area contributed by atoms with E-state index in [1.54, 1.807) is 6.07 Å². The van der Waals surface area contributed by atoms with Crippen molar-refractivity contribution in [1.82, 2.24) is 0 Å². The number of anilines is 1. The highest BCUT2D eigenvalue weighted by Crippen LogP contribution is 2.35. The Morgan fingerprint density at radius 3 is 2.79 bits per heavy atom. The van der Waals surface area contributed by atoms with Crippen molar-refractivity contribution in [2.45, 2.75) is 6.54 Å². The number of hydrogen-bond donors (Lipinski definition) is 1. The highest BCUT2D eigenvalue weighted by Gasteiger charge is 2.17. The zero-order valence-corrected chi connectivity index (χ0v) is 9.95. The lowest BCUT2D eigenvalue weighted by atomic mass is 10.2. The lowest BCUT2D eigenvalue weighted by Crippen LogP contribution is -2.03. The summed E-state index contributed by atoms with van der Waals surface area (Å²) in [5, 5.41) is 2.85. The van der Waals surface area contributed by atoms with E-state index in [2.05, 4.69) is 5.32 Å². The summed E-state index contributed by atoms with van der Waals surface area (Å²) in [7, 11) is 0. The van der Waals surface area contributed by atoms with Gasteiger partial charge in [-0.2, -0.15) is 0 Å². The Morgan fingerprint density at radius 1 is 1.05 bits per heavy atom. The molecule has 0 aliphatic carbocycles. The van der Waals surface area contributed by atoms with Crippen molar-refractivity contribution < 1.29 is 18.3 Å². The molecule has 0 fully saturated rings. The topological polar surface area (TPSA) is 30.5 Å². The predicted molar refractivity (Wildman–Crippen MR) is 66.2 cm³/mol. The molecule has 2 aromatic carbocycles. The molecule has 2 aromatic rings. The minimum atomic E-state index is -0.882. The zero-order valence-electron chi connectivity index (χ0n) is 9.95. The van der Waals surface area contributed by atoms with Crippen LogP contribution in [0.2, 0.25) is 0 Å². The van der Waals surface area contributed by atoms with E-state index in [0.717, 1.165) is 11.6 Å². The maximum atomic E-state index is 13.5. The average molecular weight is 263 g/mol. The predicted octanol–water partition coefficient (Wildman–Crippen LogP) is 3.31. The van der Waals surface area contributed by atoms with Crippen LogP contribution in [0, 0.1) is 11.6 Å². The third-order valence-electron chi connectivity index (χ3n) is 2.90. The third-order valence-corrected chi connectivity index (χ3v) is 2.90. The van der Waals surface area contributed by atoms with Gasteiger partial charge in [-0.15, -0.1) is 0 Å². The number of hydrogen-bond acceptors (Lipinski definition) is 3. The highest BCUT2D eigenvalue weighted by atomic mass is 19.2. The summed E-state index contributed by atoms with van der Waals surface area (Å²) in [6, 6.07) is 9.49. The molecule has 5 heteroatoms. The Kier molecular flexibility index (Phi) is 2.95. The van der Waals surface area contributed by atoms with Crippen molar-refractivity contribution in [3.8, 4) is 11.5 Å². The van der Waals surface area contributed by atoms with Gasteiger partial charge in [0, 0.05) is 12.1 Å². The maximum absolute atomic E-state index is 13.5. The summed E-state index contributed by atoms with van der Waals surface area (Å²) in [6.45, 7) is 0.508. The quantitative estimate of drug-likeness (QED) is 0.921. The Bertz CT molecular complexity index is 616. The van der Waals surface area contributed by atoms with Gasteiger partial charge in [0.15, 0.2) is 23.1 Å². The SMILES string of the molecule is Fc1cccc(NCc2cccc3c2OCO3)c1F. The van der Waals surface area contributed by atoms with Crippen LogP contribution in [0.1, 0.15) is 5.56 Å². The first kappa shape index (κ1) is 11.8. The normalized spacial score (nSPS) is 12.5. The van der Waals surface area contributed by atoms with Crippen LogP contribution in [0.4, 0.5) is 14.5 Å². The number of benzene rings is 2. The van der Waals surface area contributed by atoms with Gasteiger partial charge in [-0.1, -0.05) is 18.2 Å². The number of ether oxygens (including phenoxy) is 2. The zero-order chi connectivity index (χ0) is 13.2. The lowest BCUT2D eigenvalue weighted by Gasteiger charge is -2.09. The summed E-state index contributed by atoms with van der Waals surface area (Å²) in [5.74, 6) is -0.444. The minimum Gasteiger partial charge on any atom is -0.454 e. The molecular weight excluding hydrogens is 252 g/mol. The minimum absolute atomic E-state index is 0.122. The smallest absolute Gasteiger partial charge is 0.231 e. The molecule has 0 radical (unpaired) electrons. The van der Waals surface area contributed by atoms with E-state index in [-0.39, 0.29) is 12.5 Å². The largest absolute Gasteiger partial charge is 0.454 e. The van der Waals surface area contributed by atoms with E-state index >= 15 is 0 Å². The van der Waals surface area contributed by atoms with Gasteiger partial charge in [0.1, 0.15) is 0 Å². The molecule has 3 nitrogen and oxygen atoms in total. The van der Waals surface area contributed by atoms with Crippen LogP contribution in [0.3, 0.4) is 0 Å². The van der Waals surface area contributed by atoms with Gasteiger partial charge in [0.05, 0.1) is 5.69 Å². The molecular formula is C14H11F2NO2. The average Bonchev–Trinajstić information content (AvgIpc) is 2.89. The van der Waals surface area contributed by atoms with E-state index in [1.807, 2.05) is 12.1 Å². The molecule has 0 atom stereocenters. The third kappa shape index (κ3) is 2.19. The van der Waals surface area contributed by atoms with Crippen molar-refractivity contribution in [2.75, 3.05) is 12.1 Å². The van der Waals surface area contributed by atoms with Crippen molar-refractivity contribution in [3.63, 3.8) is 0 Å². The fraction of sp³-hybridized carbons (Fsp3) is 0.143. The molecule has 1 N–H and O–H groups in total. The van der Waals surface area contributed by atoms with Gasteiger partial charge in [-0.25, -0.2) is 8.78 Å². The summed E-state index contributed by atoms with van der Waals surface area (Å²) in [5.41, 5.74) is 0.954. The Hall–Kier alpha value is -2.30. The summed E-state index contributed by atoms with van der Waals surface area (Å²) >= 11 is 0. The van der Waals surface area contributed by atoms with Gasteiger partial charge in [-0.05, 0) is 18.2 Å². The number of nitrogens with one attached hydrogen (secondary N) is 1. The van der Waals surface area contributed by atoms with Crippen molar-refractivity contribution >= 4 is 5.69 Å². The Balaban J connectivity index is 1.80. The van der Waals surface area contributed by atoms with E-state index in [9.17, 15) is 8.78 Å². The number of halogens is 2. The molecule has 0 saturated heterocycles. The molecule has 98 valence electrons. The van der Waals surface area contributed by atoms with Gasteiger partial charge in [0.2, 0.25) is 6.79 Å². The van der Waals surface area contributed by atoms with E-state index in [4.69, 9.17) is 9.47 Å². The van der Waals surface area contributed by atoms with Crippen LogP contribution in [0.5, 0.6) is 11.5 Å². The van der Waals surface area contributed by atoms with Crippen LogP contribution in [0.25, 0.3) is 0 Å². The van der Waals surface area contributed by atoms with Gasteiger partial charge in [0.25, 0.3) is 0 Å². The van der Waals surface area contributed by atoms with Crippen LogP contribution in [0.15, 0.2) is 36.4 Å². The first-order chi connectivity index (χ1) is 9.25. The fourth-order valence-electron chi connectivity index (χ4n) is 1.96. The van der Waals surface area contributed by atoms with E-state index in [1.165, 1.54) is 12.1 Å². The van der Waals surface area contributed by atoms with Gasteiger partial charge >= 0.3 is 0 Å². The second-order valence-electron chi connectivity index (χ2n) is 4.11. The van der Waals surface area contributed by atoms with Crippen molar-refractivity contribution in [2.24, 2.45) is 0 Å². The fourth-order valence-corrected chi connectivity index (χ4v) is 1.96. The number of rotatable bonds is 3. The molecule has 1 aliphatic rings. The molecule has 1 aliphatic heterocycles. The highest BCUT2D eigenvalue weighted by molar-refractivity contribution is 5.51. The van der Waals surface area contributed by atoms with Crippen molar-refractivity contribution in [1.29, 1.82) is 0 Å². The van der Waals surface area contributed by atoms with Crippen LogP contribution in [-0.4, -0.2) is 6.79 Å². The monoisotopic (exact) mass is 263 g/mol. The standard InChI is InChI=1S/C14H11F2NO2/c15-10-4-2-5-11(13(10)16)17-7-9-3-1-6-12-14(9)19-8-18-12/h1-6,17H,7-8H2. The molecule has 0 spiro atoms. The molecule has 0 aromatic heterocycles. The van der Waals surface area contributed by atoms with Crippen molar-refractivity contribution in [3.05, 3.63) is 53.6 Å². The first-order valence-electron chi connectivity index (χ1n) is 5.81. The second kappa shape index (κ2) is 4.76. The lowest BCUT2D eigenvalue weighted by molar-refractivity contribution is 0.173. The van der Waals surface area contributed by atoms with Crippen LogP contribution >= 0.6 is 0 Å². The van der Waals surface area contributed by atoms with Crippen LogP contribution in [-0.2, 0) is 6.54 Å².